The molecule has 0 saturated carbocycles. The largest absolute Gasteiger partial charge is 0.461 e. The van der Waals surface area contributed by atoms with Gasteiger partial charge >= 0.3 is 11.8 Å². The highest BCUT2D eigenvalue weighted by Crippen LogP contribution is 2.27. The van der Waals surface area contributed by atoms with E-state index in [9.17, 15) is 14.9 Å². The Hall–Kier alpha value is -2.74. The number of aryl methyl sites for hydroxylation is 1. The van der Waals surface area contributed by atoms with Crippen molar-refractivity contribution in [2.45, 2.75) is 32.2 Å². The van der Waals surface area contributed by atoms with Crippen LogP contribution in [0.25, 0.3) is 0 Å². The van der Waals surface area contributed by atoms with Crippen molar-refractivity contribution >= 4 is 11.8 Å². The molecule has 2 heterocycles. The molecule has 0 atom stereocenters. The number of rotatable bonds is 7. The number of likely N-dealkylation sites (tertiary alicyclic amines) is 1. The van der Waals surface area contributed by atoms with E-state index >= 15 is 0 Å². The molecule has 144 valence electrons. The molecule has 8 heteroatoms. The fourth-order valence-corrected chi connectivity index (χ4v) is 3.51. The maximum atomic E-state index is 12.1. The SMILES string of the molecule is Cc1ncc([N+](=O)[O-])n1CCOC(=O)CN1CCC(c2ccccc2)CC1. The summed E-state index contributed by atoms with van der Waals surface area (Å²) in [5.41, 5.74) is 1.36. The zero-order valence-electron chi connectivity index (χ0n) is 15.4. The lowest BCUT2D eigenvalue weighted by atomic mass is 9.89. The van der Waals surface area contributed by atoms with E-state index in [0.29, 0.717) is 11.7 Å². The van der Waals surface area contributed by atoms with Gasteiger partial charge in [-0.2, -0.15) is 0 Å². The summed E-state index contributed by atoms with van der Waals surface area (Å²) >= 11 is 0. The standard InChI is InChI=1S/C19H24N4O4/c1-15-20-13-18(23(25)26)22(15)11-12-27-19(24)14-21-9-7-17(8-10-21)16-5-3-2-4-6-16/h2-6,13,17H,7-12,14H2,1H3. The van der Waals surface area contributed by atoms with Crippen LogP contribution < -0.4 is 0 Å². The van der Waals surface area contributed by atoms with Crippen molar-refractivity contribution in [1.29, 1.82) is 0 Å². The normalized spacial score (nSPS) is 15.6. The number of nitro groups is 1. The highest BCUT2D eigenvalue weighted by molar-refractivity contribution is 5.71. The lowest BCUT2D eigenvalue weighted by molar-refractivity contribution is -0.392. The summed E-state index contributed by atoms with van der Waals surface area (Å²) in [5, 5.41) is 11.0. The van der Waals surface area contributed by atoms with Gasteiger partial charge in [0.1, 0.15) is 19.3 Å². The number of benzene rings is 1. The highest BCUT2D eigenvalue weighted by atomic mass is 16.6. The quantitative estimate of drug-likeness (QED) is 0.421. The molecule has 27 heavy (non-hydrogen) atoms. The van der Waals surface area contributed by atoms with E-state index in [-0.39, 0.29) is 31.5 Å². The summed E-state index contributed by atoms with van der Waals surface area (Å²) in [6, 6.07) is 10.5. The molecule has 3 rings (SSSR count). The van der Waals surface area contributed by atoms with Gasteiger partial charge in [0.15, 0.2) is 5.82 Å². The summed E-state index contributed by atoms with van der Waals surface area (Å²) in [7, 11) is 0. The van der Waals surface area contributed by atoms with Crippen LogP contribution in [0, 0.1) is 17.0 Å². The van der Waals surface area contributed by atoms with Crippen LogP contribution in [0.1, 0.15) is 30.1 Å². The van der Waals surface area contributed by atoms with Gasteiger partial charge in [-0.3, -0.25) is 9.69 Å². The summed E-state index contributed by atoms with van der Waals surface area (Å²) in [6.07, 6.45) is 3.27. The molecule has 1 aliphatic rings. The molecule has 0 radical (unpaired) electrons. The third-order valence-electron chi connectivity index (χ3n) is 5.01. The highest BCUT2D eigenvalue weighted by Gasteiger charge is 2.23. The van der Waals surface area contributed by atoms with Gasteiger partial charge in [0.25, 0.3) is 0 Å². The molecule has 1 aromatic carbocycles. The lowest BCUT2D eigenvalue weighted by Crippen LogP contribution is -2.37. The Bertz CT molecular complexity index is 782. The zero-order valence-corrected chi connectivity index (χ0v) is 15.4. The maximum absolute atomic E-state index is 12.1. The van der Waals surface area contributed by atoms with Gasteiger partial charge in [0.05, 0.1) is 6.54 Å². The molecule has 0 unspecified atom stereocenters. The predicted molar refractivity (Wildman–Crippen MR) is 99.4 cm³/mol. The summed E-state index contributed by atoms with van der Waals surface area (Å²) in [6.45, 7) is 3.99. The van der Waals surface area contributed by atoms with E-state index in [1.165, 1.54) is 16.3 Å². The first-order valence-electron chi connectivity index (χ1n) is 9.14. The lowest BCUT2D eigenvalue weighted by Gasteiger charge is -2.31. The Kier molecular flexibility index (Phi) is 6.18. The Labute approximate surface area is 157 Å². The first-order valence-corrected chi connectivity index (χ1v) is 9.14. The minimum Gasteiger partial charge on any atom is -0.461 e. The Morgan fingerprint density at radius 1 is 1.30 bits per heavy atom. The predicted octanol–water partition coefficient (Wildman–Crippen LogP) is 2.52. The average molecular weight is 372 g/mol. The Morgan fingerprint density at radius 2 is 2.00 bits per heavy atom. The first kappa shape index (κ1) is 19.0. The molecule has 0 N–H and O–H groups in total. The second-order valence-corrected chi connectivity index (χ2v) is 6.75. The fourth-order valence-electron chi connectivity index (χ4n) is 3.51. The molecule has 0 spiro atoms. The van der Waals surface area contributed by atoms with Crippen molar-refractivity contribution in [3.8, 4) is 0 Å². The number of esters is 1. The van der Waals surface area contributed by atoms with Crippen LogP contribution in [-0.4, -0.2) is 51.6 Å². The number of carbonyl (C=O) groups is 1. The molecular weight excluding hydrogens is 348 g/mol. The van der Waals surface area contributed by atoms with Crippen molar-refractivity contribution in [2.75, 3.05) is 26.2 Å². The van der Waals surface area contributed by atoms with Crippen LogP contribution in [0.4, 0.5) is 5.82 Å². The molecule has 8 nitrogen and oxygen atoms in total. The van der Waals surface area contributed by atoms with Gasteiger partial charge < -0.3 is 14.9 Å². The minimum absolute atomic E-state index is 0.0912. The number of nitrogens with zero attached hydrogens (tertiary/aromatic N) is 4. The second-order valence-electron chi connectivity index (χ2n) is 6.75. The zero-order chi connectivity index (χ0) is 19.2. The molecule has 1 fully saturated rings. The summed E-state index contributed by atoms with van der Waals surface area (Å²) in [5.74, 6) is 0.684. The number of carbonyl (C=O) groups excluding carboxylic acids is 1. The molecule has 1 aliphatic heterocycles. The molecule has 1 aromatic heterocycles. The van der Waals surface area contributed by atoms with Crippen LogP contribution in [0.2, 0.25) is 0 Å². The van der Waals surface area contributed by atoms with Crippen molar-refractivity contribution in [2.24, 2.45) is 0 Å². The van der Waals surface area contributed by atoms with Crippen molar-refractivity contribution in [3.05, 3.63) is 58.0 Å². The van der Waals surface area contributed by atoms with Gasteiger partial charge in [-0.15, -0.1) is 0 Å². The summed E-state index contributed by atoms with van der Waals surface area (Å²) < 4.78 is 6.71. The van der Waals surface area contributed by atoms with E-state index in [0.717, 1.165) is 25.9 Å². The number of hydrogen-bond donors (Lipinski definition) is 0. The number of hydrogen-bond acceptors (Lipinski definition) is 6. The molecule has 0 amide bonds. The monoisotopic (exact) mass is 372 g/mol. The van der Waals surface area contributed by atoms with Crippen LogP contribution in [-0.2, 0) is 16.1 Å². The van der Waals surface area contributed by atoms with Crippen molar-refractivity contribution in [1.82, 2.24) is 14.5 Å². The third kappa shape index (κ3) is 4.91. The summed E-state index contributed by atoms with van der Waals surface area (Å²) in [4.78, 5) is 28.6. The Balaban J connectivity index is 1.41. The van der Waals surface area contributed by atoms with Crippen LogP contribution in [0.5, 0.6) is 0 Å². The van der Waals surface area contributed by atoms with E-state index in [4.69, 9.17) is 4.74 Å². The van der Waals surface area contributed by atoms with Crippen LogP contribution in [0.15, 0.2) is 36.5 Å². The van der Waals surface area contributed by atoms with E-state index in [1.807, 2.05) is 6.07 Å². The third-order valence-corrected chi connectivity index (χ3v) is 5.01. The number of aromatic nitrogens is 2. The number of imidazole rings is 1. The van der Waals surface area contributed by atoms with Gasteiger partial charge in [0, 0.05) is 6.92 Å². The van der Waals surface area contributed by atoms with Crippen LogP contribution in [0.3, 0.4) is 0 Å². The van der Waals surface area contributed by atoms with Crippen molar-refractivity contribution in [3.63, 3.8) is 0 Å². The van der Waals surface area contributed by atoms with Gasteiger partial charge in [-0.25, -0.2) is 9.55 Å². The molecule has 0 bridgehead atoms. The molecule has 1 saturated heterocycles. The first-order chi connectivity index (χ1) is 13.0. The second kappa shape index (κ2) is 8.77. The molecule has 0 aliphatic carbocycles. The van der Waals surface area contributed by atoms with Crippen LogP contribution >= 0.6 is 0 Å². The van der Waals surface area contributed by atoms with Gasteiger partial charge in [-0.05, 0) is 42.3 Å². The average Bonchev–Trinajstić information content (AvgIpc) is 3.04. The van der Waals surface area contributed by atoms with Gasteiger partial charge in [-0.1, -0.05) is 30.3 Å². The number of piperidine rings is 1. The van der Waals surface area contributed by atoms with Crippen molar-refractivity contribution < 1.29 is 14.5 Å². The van der Waals surface area contributed by atoms with Gasteiger partial charge in [0.2, 0.25) is 0 Å². The fraction of sp³-hybridized carbons (Fsp3) is 0.474. The Morgan fingerprint density at radius 3 is 2.67 bits per heavy atom. The molecular formula is C19H24N4O4. The number of ether oxygens (including phenoxy) is 1. The minimum atomic E-state index is -0.487. The smallest absolute Gasteiger partial charge is 0.342 e. The topological polar surface area (TPSA) is 90.5 Å². The van der Waals surface area contributed by atoms with E-state index < -0.39 is 4.92 Å². The molecule has 2 aromatic rings. The maximum Gasteiger partial charge on any atom is 0.342 e. The van der Waals surface area contributed by atoms with E-state index in [2.05, 4.69) is 34.1 Å². The van der Waals surface area contributed by atoms with E-state index in [1.54, 1.807) is 6.92 Å².